The zero-order chi connectivity index (χ0) is 14.3. The second-order valence-corrected chi connectivity index (χ2v) is 6.63. The normalized spacial score (nSPS) is 14.3. The van der Waals surface area contributed by atoms with E-state index in [1.165, 1.54) is 0 Å². The molecule has 1 aromatic rings. The average Bonchev–Trinajstić information content (AvgIpc) is 2.40. The molecule has 1 atom stereocenters. The number of nitrogens with two attached hydrogens (primary N) is 1. The van der Waals surface area contributed by atoms with Gasteiger partial charge in [-0.2, -0.15) is 0 Å². The van der Waals surface area contributed by atoms with Crippen LogP contribution in [0, 0.1) is 0 Å². The SMILES string of the molecule is CCCCN=S(=O)(c1cccc(N)c1)N(CC)CC. The predicted molar refractivity (Wildman–Crippen MR) is 82.4 cm³/mol. The van der Waals surface area contributed by atoms with E-state index in [0.29, 0.717) is 30.2 Å². The van der Waals surface area contributed by atoms with Crippen molar-refractivity contribution >= 4 is 15.6 Å². The van der Waals surface area contributed by atoms with E-state index >= 15 is 0 Å². The number of benzene rings is 1. The van der Waals surface area contributed by atoms with E-state index in [0.717, 1.165) is 12.8 Å². The van der Waals surface area contributed by atoms with Crippen LogP contribution in [0.4, 0.5) is 5.69 Å². The minimum atomic E-state index is -2.53. The van der Waals surface area contributed by atoms with Gasteiger partial charge in [-0.3, -0.25) is 0 Å². The number of unbranched alkanes of at least 4 members (excludes halogenated alkanes) is 1. The lowest BCUT2D eigenvalue weighted by molar-refractivity contribution is 0.480. The van der Waals surface area contributed by atoms with Gasteiger partial charge in [-0.15, -0.1) is 0 Å². The topological polar surface area (TPSA) is 58.7 Å². The van der Waals surface area contributed by atoms with Crippen LogP contribution in [0.15, 0.2) is 33.5 Å². The van der Waals surface area contributed by atoms with Gasteiger partial charge in [0, 0.05) is 25.3 Å². The smallest absolute Gasteiger partial charge is 0.139 e. The van der Waals surface area contributed by atoms with Gasteiger partial charge in [-0.1, -0.05) is 33.3 Å². The molecule has 0 radical (unpaired) electrons. The first-order chi connectivity index (χ1) is 9.08. The first-order valence-corrected chi connectivity index (χ1v) is 8.39. The maximum Gasteiger partial charge on any atom is 0.139 e. The summed E-state index contributed by atoms with van der Waals surface area (Å²) in [7, 11) is -2.53. The molecule has 2 N–H and O–H groups in total. The van der Waals surface area contributed by atoms with Crippen LogP contribution >= 0.6 is 0 Å². The van der Waals surface area contributed by atoms with Crippen LogP contribution in [0.25, 0.3) is 0 Å². The Hall–Kier alpha value is -1.07. The van der Waals surface area contributed by atoms with E-state index in [1.54, 1.807) is 12.1 Å². The fraction of sp³-hybridized carbons (Fsp3) is 0.571. The molecule has 0 saturated carbocycles. The lowest BCUT2D eigenvalue weighted by atomic mass is 10.3. The van der Waals surface area contributed by atoms with Crippen molar-refractivity contribution in [2.75, 3.05) is 25.4 Å². The van der Waals surface area contributed by atoms with Gasteiger partial charge in [-0.25, -0.2) is 12.9 Å². The van der Waals surface area contributed by atoms with Crippen molar-refractivity contribution in [2.24, 2.45) is 4.36 Å². The lowest BCUT2D eigenvalue weighted by Crippen LogP contribution is -2.30. The summed E-state index contributed by atoms with van der Waals surface area (Å²) in [4.78, 5) is 0.715. The Balaban J connectivity index is 3.26. The highest BCUT2D eigenvalue weighted by Crippen LogP contribution is 2.21. The molecule has 0 spiro atoms. The number of hydrogen-bond acceptors (Lipinski definition) is 3. The van der Waals surface area contributed by atoms with Gasteiger partial charge < -0.3 is 5.73 Å². The van der Waals surface area contributed by atoms with Crippen molar-refractivity contribution in [1.29, 1.82) is 0 Å². The third kappa shape index (κ3) is 3.94. The number of nitrogen functional groups attached to an aromatic ring is 1. The highest BCUT2D eigenvalue weighted by molar-refractivity contribution is 7.91. The van der Waals surface area contributed by atoms with Crippen LogP contribution in [0.1, 0.15) is 33.6 Å². The first-order valence-electron chi connectivity index (χ1n) is 6.92. The van der Waals surface area contributed by atoms with E-state index in [2.05, 4.69) is 11.3 Å². The molecule has 1 rings (SSSR count). The Morgan fingerprint density at radius 2 is 1.95 bits per heavy atom. The van der Waals surface area contributed by atoms with Crippen LogP contribution in [0.5, 0.6) is 0 Å². The predicted octanol–water partition coefficient (Wildman–Crippen LogP) is 3.15. The van der Waals surface area contributed by atoms with Crippen LogP contribution < -0.4 is 5.73 Å². The van der Waals surface area contributed by atoms with Crippen LogP contribution in [0.2, 0.25) is 0 Å². The molecule has 0 aliphatic carbocycles. The number of rotatable bonds is 7. The molecule has 5 heteroatoms. The molecule has 0 amide bonds. The summed E-state index contributed by atoms with van der Waals surface area (Å²) in [6.07, 6.45) is 2.01. The van der Waals surface area contributed by atoms with Gasteiger partial charge in [0.05, 0.1) is 4.90 Å². The van der Waals surface area contributed by atoms with Gasteiger partial charge in [0.15, 0.2) is 0 Å². The van der Waals surface area contributed by atoms with Gasteiger partial charge in [-0.05, 0) is 24.6 Å². The molecule has 0 fully saturated rings. The maximum atomic E-state index is 13.3. The van der Waals surface area contributed by atoms with Crippen molar-refractivity contribution in [1.82, 2.24) is 4.31 Å². The number of anilines is 1. The van der Waals surface area contributed by atoms with Gasteiger partial charge >= 0.3 is 0 Å². The Kier molecular flexibility index (Phi) is 6.31. The fourth-order valence-corrected chi connectivity index (χ4v) is 4.14. The lowest BCUT2D eigenvalue weighted by Gasteiger charge is -2.23. The fourth-order valence-electron chi connectivity index (χ4n) is 1.91. The second-order valence-electron chi connectivity index (χ2n) is 4.39. The molecule has 0 aliphatic rings. The molecule has 1 aromatic carbocycles. The van der Waals surface area contributed by atoms with Gasteiger partial charge in [0.1, 0.15) is 9.92 Å². The van der Waals surface area contributed by atoms with E-state index in [9.17, 15) is 4.21 Å². The molecule has 0 bridgehead atoms. The summed E-state index contributed by atoms with van der Waals surface area (Å²) in [5.74, 6) is 0. The average molecular weight is 283 g/mol. The summed E-state index contributed by atoms with van der Waals surface area (Å²) in [6, 6.07) is 7.27. The molecule has 19 heavy (non-hydrogen) atoms. The van der Waals surface area contributed by atoms with E-state index in [1.807, 2.05) is 30.3 Å². The molecule has 108 valence electrons. The minimum absolute atomic E-state index is 0.626. The van der Waals surface area contributed by atoms with E-state index in [4.69, 9.17) is 5.73 Å². The largest absolute Gasteiger partial charge is 0.399 e. The molecule has 1 unspecified atom stereocenters. The van der Waals surface area contributed by atoms with Crippen molar-refractivity contribution in [2.45, 2.75) is 38.5 Å². The second kappa shape index (κ2) is 7.50. The van der Waals surface area contributed by atoms with Crippen LogP contribution in [-0.4, -0.2) is 28.1 Å². The number of hydrogen-bond donors (Lipinski definition) is 1. The first kappa shape index (κ1) is 16.0. The van der Waals surface area contributed by atoms with Gasteiger partial charge in [0.2, 0.25) is 0 Å². The van der Waals surface area contributed by atoms with Crippen molar-refractivity contribution < 1.29 is 4.21 Å². The zero-order valence-electron chi connectivity index (χ0n) is 12.1. The Labute approximate surface area is 117 Å². The molecule has 0 aromatic heterocycles. The Morgan fingerprint density at radius 3 is 2.47 bits per heavy atom. The monoisotopic (exact) mass is 283 g/mol. The third-order valence-electron chi connectivity index (χ3n) is 3.00. The Bertz CT molecular complexity index is 503. The highest BCUT2D eigenvalue weighted by Gasteiger charge is 2.19. The molecular weight excluding hydrogens is 258 g/mol. The summed E-state index contributed by atoms with van der Waals surface area (Å²) in [5.41, 5.74) is 6.44. The molecule has 0 aliphatic heterocycles. The standard InChI is InChI=1S/C14H25N3OS/c1-4-7-11-16-19(18,17(5-2)6-3)14-10-8-9-13(15)12-14/h8-10,12H,4-7,11,15H2,1-3H3. The van der Waals surface area contributed by atoms with E-state index in [-0.39, 0.29) is 0 Å². The minimum Gasteiger partial charge on any atom is -0.399 e. The van der Waals surface area contributed by atoms with Crippen molar-refractivity contribution in [3.8, 4) is 0 Å². The molecule has 4 nitrogen and oxygen atoms in total. The summed E-state index contributed by atoms with van der Waals surface area (Å²) >= 11 is 0. The summed E-state index contributed by atoms with van der Waals surface area (Å²) in [5, 5.41) is 0. The summed E-state index contributed by atoms with van der Waals surface area (Å²) in [6.45, 7) is 8.16. The van der Waals surface area contributed by atoms with Crippen LogP contribution in [-0.2, 0) is 9.92 Å². The Morgan fingerprint density at radius 1 is 1.26 bits per heavy atom. The van der Waals surface area contributed by atoms with Crippen molar-refractivity contribution in [3.63, 3.8) is 0 Å². The van der Waals surface area contributed by atoms with Crippen molar-refractivity contribution in [3.05, 3.63) is 24.3 Å². The number of nitrogens with zero attached hydrogens (tertiary/aromatic N) is 2. The van der Waals surface area contributed by atoms with Crippen LogP contribution in [0.3, 0.4) is 0 Å². The molecule has 0 heterocycles. The molecule has 0 saturated heterocycles. The zero-order valence-corrected chi connectivity index (χ0v) is 12.9. The quantitative estimate of drug-likeness (QED) is 0.617. The van der Waals surface area contributed by atoms with Gasteiger partial charge in [0.25, 0.3) is 0 Å². The molecular formula is C14H25N3OS. The third-order valence-corrected chi connectivity index (χ3v) is 5.62. The van der Waals surface area contributed by atoms with E-state index < -0.39 is 9.92 Å². The highest BCUT2D eigenvalue weighted by atomic mass is 32.2. The summed E-state index contributed by atoms with van der Waals surface area (Å²) < 4.78 is 19.7. The maximum absolute atomic E-state index is 13.3.